The first-order valence-electron chi connectivity index (χ1n) is 12.0. The molecular weight excluding hydrogens is 384 g/mol. The van der Waals surface area contributed by atoms with Gasteiger partial charge in [0.15, 0.2) is 0 Å². The molecule has 0 amide bonds. The summed E-state index contributed by atoms with van der Waals surface area (Å²) in [5.41, 5.74) is 12.7. The number of rotatable bonds is 5. The summed E-state index contributed by atoms with van der Waals surface area (Å²) in [6.07, 6.45) is 9.05. The maximum Gasteiger partial charge on any atom is 0.00811 e. The van der Waals surface area contributed by atoms with Crippen molar-refractivity contribution < 1.29 is 0 Å². The van der Waals surface area contributed by atoms with Gasteiger partial charge in [0.05, 0.1) is 0 Å². The largest absolute Gasteiger partial charge is 0.0908 e. The highest BCUT2D eigenvalue weighted by molar-refractivity contribution is 5.97. The number of fused-ring (bicyclic) bond motifs is 3. The molecule has 4 rings (SSSR count). The van der Waals surface area contributed by atoms with Crippen molar-refractivity contribution >= 4 is 11.6 Å². The number of hydrogen-bond donors (Lipinski definition) is 0. The van der Waals surface area contributed by atoms with E-state index in [1.165, 1.54) is 50.1 Å². The second-order valence-corrected chi connectivity index (χ2v) is 9.84. The summed E-state index contributed by atoms with van der Waals surface area (Å²) in [7, 11) is 0. The zero-order valence-electron chi connectivity index (χ0n) is 20.5. The Bertz CT molecular complexity index is 1190. The zero-order chi connectivity index (χ0) is 22.9. The van der Waals surface area contributed by atoms with Gasteiger partial charge in [-0.1, -0.05) is 107 Å². The molecule has 0 radical (unpaired) electrons. The summed E-state index contributed by atoms with van der Waals surface area (Å²) >= 11 is 0. The molecular formula is C32H36. The maximum absolute atomic E-state index is 2.44. The fraction of sp³-hybridized carbons (Fsp3) is 0.312. The average Bonchev–Trinajstić information content (AvgIpc) is 2.78. The SMILES string of the molecule is C/C=C/C(C)(C)c1ccccc1/C=C1/Cc2cccc([C@H](C)CC)c2-c2c(C)cccc21. The first-order chi connectivity index (χ1) is 15.4. The molecule has 0 N–H and O–H groups in total. The van der Waals surface area contributed by atoms with E-state index in [4.69, 9.17) is 0 Å². The maximum atomic E-state index is 2.44. The van der Waals surface area contributed by atoms with Crippen LogP contribution in [0.1, 0.15) is 80.3 Å². The average molecular weight is 421 g/mol. The first kappa shape index (κ1) is 22.3. The van der Waals surface area contributed by atoms with Gasteiger partial charge in [-0.2, -0.15) is 0 Å². The molecule has 164 valence electrons. The topological polar surface area (TPSA) is 0 Å². The Balaban J connectivity index is 1.94. The molecule has 32 heavy (non-hydrogen) atoms. The van der Waals surface area contributed by atoms with Crippen molar-refractivity contribution in [3.63, 3.8) is 0 Å². The Morgan fingerprint density at radius 1 is 0.938 bits per heavy atom. The zero-order valence-corrected chi connectivity index (χ0v) is 20.5. The van der Waals surface area contributed by atoms with Crippen LogP contribution in [-0.2, 0) is 11.8 Å². The summed E-state index contributed by atoms with van der Waals surface area (Å²) in [4.78, 5) is 0. The molecule has 1 aliphatic carbocycles. The van der Waals surface area contributed by atoms with Crippen LogP contribution in [0.5, 0.6) is 0 Å². The van der Waals surface area contributed by atoms with Crippen LogP contribution in [-0.4, -0.2) is 0 Å². The van der Waals surface area contributed by atoms with Gasteiger partial charge in [-0.25, -0.2) is 0 Å². The van der Waals surface area contributed by atoms with Gasteiger partial charge in [0.1, 0.15) is 0 Å². The predicted molar refractivity (Wildman–Crippen MR) is 141 cm³/mol. The fourth-order valence-electron chi connectivity index (χ4n) is 5.30. The molecule has 0 unspecified atom stereocenters. The molecule has 0 saturated heterocycles. The highest BCUT2D eigenvalue weighted by Crippen LogP contribution is 2.46. The summed E-state index contributed by atoms with van der Waals surface area (Å²) < 4.78 is 0. The van der Waals surface area contributed by atoms with Crippen LogP contribution in [0.4, 0.5) is 0 Å². The molecule has 0 aromatic heterocycles. The van der Waals surface area contributed by atoms with Gasteiger partial charge in [-0.05, 0) is 82.7 Å². The van der Waals surface area contributed by atoms with Crippen molar-refractivity contribution in [2.75, 3.05) is 0 Å². The summed E-state index contributed by atoms with van der Waals surface area (Å²) in [5, 5.41) is 0. The van der Waals surface area contributed by atoms with Gasteiger partial charge in [0.2, 0.25) is 0 Å². The lowest BCUT2D eigenvalue weighted by Gasteiger charge is -2.29. The fourth-order valence-corrected chi connectivity index (χ4v) is 5.30. The molecule has 3 aromatic rings. The van der Waals surface area contributed by atoms with Crippen molar-refractivity contribution in [2.45, 2.75) is 65.7 Å². The third-order valence-corrected chi connectivity index (χ3v) is 7.14. The van der Waals surface area contributed by atoms with Gasteiger partial charge in [-0.3, -0.25) is 0 Å². The molecule has 0 heteroatoms. The second-order valence-electron chi connectivity index (χ2n) is 9.84. The summed E-state index contributed by atoms with van der Waals surface area (Å²) in [6.45, 7) is 13.6. The molecule has 0 heterocycles. The van der Waals surface area contributed by atoms with Gasteiger partial charge in [0, 0.05) is 5.41 Å². The summed E-state index contributed by atoms with van der Waals surface area (Å²) in [5.74, 6) is 0.560. The van der Waals surface area contributed by atoms with Crippen molar-refractivity contribution in [3.05, 3.63) is 106 Å². The molecule has 0 fully saturated rings. The predicted octanol–water partition coefficient (Wildman–Crippen LogP) is 9.13. The summed E-state index contributed by atoms with van der Waals surface area (Å²) in [6, 6.07) is 22.6. The van der Waals surface area contributed by atoms with Gasteiger partial charge in [0.25, 0.3) is 0 Å². The van der Waals surface area contributed by atoms with Crippen LogP contribution in [0.3, 0.4) is 0 Å². The van der Waals surface area contributed by atoms with Crippen molar-refractivity contribution in [1.82, 2.24) is 0 Å². The standard InChI is InChI=1S/C32H36/c1-7-19-32(5,6)29-18-10-9-14-24(29)20-26-21-25-15-12-16-27(22(3)8-2)31(25)30-23(4)13-11-17-28(26)30/h7,9-20,22H,8,21H2,1-6H3/b19-7+,26-20-/t22-/m1/s1. The highest BCUT2D eigenvalue weighted by atomic mass is 14.3. The van der Waals surface area contributed by atoms with E-state index in [1.807, 2.05) is 0 Å². The van der Waals surface area contributed by atoms with Crippen molar-refractivity contribution in [1.29, 1.82) is 0 Å². The van der Waals surface area contributed by atoms with E-state index in [-0.39, 0.29) is 5.41 Å². The van der Waals surface area contributed by atoms with Gasteiger partial charge >= 0.3 is 0 Å². The third-order valence-electron chi connectivity index (χ3n) is 7.14. The van der Waals surface area contributed by atoms with Crippen LogP contribution in [0.15, 0.2) is 72.8 Å². The number of allylic oxidation sites excluding steroid dienone is 3. The van der Waals surface area contributed by atoms with Gasteiger partial charge in [-0.15, -0.1) is 0 Å². The highest BCUT2D eigenvalue weighted by Gasteiger charge is 2.26. The molecule has 3 aromatic carbocycles. The third kappa shape index (κ3) is 3.99. The van der Waals surface area contributed by atoms with E-state index < -0.39 is 0 Å². The molecule has 1 aliphatic rings. The van der Waals surface area contributed by atoms with E-state index in [0.29, 0.717) is 5.92 Å². The Kier molecular flexibility index (Phi) is 6.24. The minimum Gasteiger partial charge on any atom is -0.0908 e. The molecule has 0 saturated carbocycles. The Morgan fingerprint density at radius 2 is 1.69 bits per heavy atom. The monoisotopic (exact) mass is 420 g/mol. The van der Waals surface area contributed by atoms with Crippen LogP contribution < -0.4 is 0 Å². The Hall–Kier alpha value is -2.86. The number of hydrogen-bond acceptors (Lipinski definition) is 0. The van der Waals surface area contributed by atoms with Crippen LogP contribution >= 0.6 is 0 Å². The number of aryl methyl sites for hydroxylation is 1. The molecule has 1 atom stereocenters. The second kappa shape index (κ2) is 8.94. The van der Waals surface area contributed by atoms with Crippen LogP contribution in [0.2, 0.25) is 0 Å². The van der Waals surface area contributed by atoms with E-state index >= 15 is 0 Å². The van der Waals surface area contributed by atoms with Gasteiger partial charge < -0.3 is 0 Å². The minimum atomic E-state index is -0.00581. The molecule has 0 aliphatic heterocycles. The Morgan fingerprint density at radius 3 is 2.44 bits per heavy atom. The van der Waals surface area contributed by atoms with E-state index in [1.54, 1.807) is 0 Å². The Labute approximate surface area is 194 Å². The normalized spacial score (nSPS) is 15.6. The minimum absolute atomic E-state index is 0.00581. The molecule has 0 nitrogen and oxygen atoms in total. The quantitative estimate of drug-likeness (QED) is 0.361. The van der Waals surface area contributed by atoms with Crippen molar-refractivity contribution in [2.24, 2.45) is 0 Å². The lowest BCUT2D eigenvalue weighted by molar-refractivity contribution is 0.667. The molecule has 0 bridgehead atoms. The first-order valence-corrected chi connectivity index (χ1v) is 12.0. The van der Waals surface area contributed by atoms with Crippen LogP contribution in [0, 0.1) is 6.92 Å². The van der Waals surface area contributed by atoms with Crippen molar-refractivity contribution in [3.8, 4) is 11.1 Å². The molecule has 0 spiro atoms. The van der Waals surface area contributed by atoms with E-state index in [9.17, 15) is 0 Å². The van der Waals surface area contributed by atoms with Crippen LogP contribution in [0.25, 0.3) is 22.8 Å². The van der Waals surface area contributed by atoms with E-state index in [2.05, 4.69) is 120 Å². The van der Waals surface area contributed by atoms with E-state index in [0.717, 1.165) is 12.8 Å². The smallest absolute Gasteiger partial charge is 0.00811 e. The number of benzene rings is 3. The lowest BCUT2D eigenvalue weighted by Crippen LogP contribution is -2.15. The lowest BCUT2D eigenvalue weighted by atomic mass is 9.75.